The van der Waals surface area contributed by atoms with Gasteiger partial charge in [0.05, 0.1) is 19.6 Å². The Kier molecular flexibility index (Phi) is 7.03. The topological polar surface area (TPSA) is 71.1 Å². The van der Waals surface area contributed by atoms with Gasteiger partial charge in [0.2, 0.25) is 0 Å². The summed E-state index contributed by atoms with van der Waals surface area (Å²) in [6.07, 6.45) is 0.131. The zero-order chi connectivity index (χ0) is 16.5. The van der Waals surface area contributed by atoms with Crippen LogP contribution < -0.4 is 0 Å². The summed E-state index contributed by atoms with van der Waals surface area (Å²) in [4.78, 5) is 22.9. The van der Waals surface area contributed by atoms with Crippen molar-refractivity contribution in [3.8, 4) is 0 Å². The Morgan fingerprint density at radius 3 is 2.48 bits per heavy atom. The molecule has 0 spiro atoms. The fourth-order valence-electron chi connectivity index (χ4n) is 2.08. The van der Waals surface area contributed by atoms with Gasteiger partial charge >= 0.3 is 11.9 Å². The predicted octanol–water partition coefficient (Wildman–Crippen LogP) is 2.20. The monoisotopic (exact) mass is 322 g/mol. The summed E-state index contributed by atoms with van der Waals surface area (Å²) >= 11 is 0. The molecule has 1 aliphatic rings. The van der Waals surface area contributed by atoms with E-state index in [-0.39, 0.29) is 44.3 Å². The molecule has 0 N–H and O–H groups in total. The van der Waals surface area contributed by atoms with Gasteiger partial charge in [0.15, 0.2) is 6.29 Å². The van der Waals surface area contributed by atoms with Gasteiger partial charge < -0.3 is 18.9 Å². The highest BCUT2D eigenvalue weighted by Gasteiger charge is 2.25. The van der Waals surface area contributed by atoms with Crippen molar-refractivity contribution in [3.05, 3.63) is 35.9 Å². The van der Waals surface area contributed by atoms with E-state index in [0.717, 1.165) is 5.56 Å². The summed E-state index contributed by atoms with van der Waals surface area (Å²) in [5.74, 6) is -0.564. The molecule has 1 saturated heterocycles. The van der Waals surface area contributed by atoms with Crippen molar-refractivity contribution in [2.24, 2.45) is 0 Å². The second-order valence-electron chi connectivity index (χ2n) is 5.25. The van der Waals surface area contributed by atoms with Gasteiger partial charge in [0.25, 0.3) is 0 Å². The minimum atomic E-state index is -0.462. The summed E-state index contributed by atoms with van der Waals surface area (Å²) in [5.41, 5.74) is 0.951. The number of benzene rings is 1. The van der Waals surface area contributed by atoms with Crippen LogP contribution in [-0.4, -0.2) is 37.5 Å². The van der Waals surface area contributed by atoms with Gasteiger partial charge in [0.1, 0.15) is 12.7 Å². The molecule has 6 heteroatoms. The molecular weight excluding hydrogens is 300 g/mol. The third-order valence-corrected chi connectivity index (χ3v) is 3.35. The first kappa shape index (κ1) is 17.4. The lowest BCUT2D eigenvalue weighted by Crippen LogP contribution is -2.38. The molecule has 0 saturated carbocycles. The zero-order valence-electron chi connectivity index (χ0n) is 13.2. The SMILES string of the molecule is CCC(=O)OC1COC(CCC(=O)OCc2ccccc2)OC1. The maximum absolute atomic E-state index is 11.7. The molecule has 0 amide bonds. The molecule has 1 heterocycles. The number of ether oxygens (including phenoxy) is 4. The van der Waals surface area contributed by atoms with E-state index >= 15 is 0 Å². The highest BCUT2D eigenvalue weighted by molar-refractivity contribution is 5.69. The molecule has 23 heavy (non-hydrogen) atoms. The predicted molar refractivity (Wildman–Crippen MR) is 81.3 cm³/mol. The molecule has 2 rings (SSSR count). The van der Waals surface area contributed by atoms with Gasteiger partial charge in [-0.05, 0) is 5.56 Å². The molecule has 0 aromatic heterocycles. The molecule has 0 bridgehead atoms. The van der Waals surface area contributed by atoms with Crippen LogP contribution >= 0.6 is 0 Å². The van der Waals surface area contributed by atoms with E-state index in [1.54, 1.807) is 6.92 Å². The van der Waals surface area contributed by atoms with E-state index in [4.69, 9.17) is 18.9 Å². The van der Waals surface area contributed by atoms with E-state index in [2.05, 4.69) is 0 Å². The number of hydrogen-bond acceptors (Lipinski definition) is 6. The van der Waals surface area contributed by atoms with Gasteiger partial charge in [-0.2, -0.15) is 0 Å². The van der Waals surface area contributed by atoms with Crippen molar-refractivity contribution >= 4 is 11.9 Å². The number of esters is 2. The molecule has 1 aromatic rings. The molecule has 1 fully saturated rings. The van der Waals surface area contributed by atoms with Crippen LogP contribution in [0.4, 0.5) is 0 Å². The van der Waals surface area contributed by atoms with E-state index in [0.29, 0.717) is 12.8 Å². The first-order valence-electron chi connectivity index (χ1n) is 7.79. The van der Waals surface area contributed by atoms with Crippen LogP contribution in [0.25, 0.3) is 0 Å². The molecule has 126 valence electrons. The second-order valence-corrected chi connectivity index (χ2v) is 5.25. The van der Waals surface area contributed by atoms with Crippen LogP contribution in [0.5, 0.6) is 0 Å². The quantitative estimate of drug-likeness (QED) is 0.717. The van der Waals surface area contributed by atoms with E-state index in [1.165, 1.54) is 0 Å². The van der Waals surface area contributed by atoms with Crippen LogP contribution in [0.15, 0.2) is 30.3 Å². The Morgan fingerprint density at radius 1 is 1.13 bits per heavy atom. The van der Waals surface area contributed by atoms with Crippen molar-refractivity contribution < 1.29 is 28.5 Å². The average Bonchev–Trinajstić information content (AvgIpc) is 2.60. The summed E-state index contributed by atoms with van der Waals surface area (Å²) < 4.78 is 21.2. The Labute approximate surface area is 135 Å². The molecular formula is C17H22O6. The Morgan fingerprint density at radius 2 is 1.83 bits per heavy atom. The van der Waals surface area contributed by atoms with Crippen molar-refractivity contribution in [1.29, 1.82) is 0 Å². The zero-order valence-corrected chi connectivity index (χ0v) is 13.2. The first-order valence-corrected chi connectivity index (χ1v) is 7.79. The molecule has 0 unspecified atom stereocenters. The van der Waals surface area contributed by atoms with Crippen molar-refractivity contribution in [1.82, 2.24) is 0 Å². The molecule has 6 nitrogen and oxygen atoms in total. The summed E-state index contributed by atoms with van der Waals surface area (Å²) in [6, 6.07) is 9.51. The standard InChI is InChI=1S/C17H22O6/c1-2-15(18)23-14-11-21-17(22-12-14)9-8-16(19)20-10-13-6-4-3-5-7-13/h3-7,14,17H,2,8-12H2,1H3. The summed E-state index contributed by atoms with van der Waals surface area (Å²) in [6.45, 7) is 2.57. The maximum Gasteiger partial charge on any atom is 0.306 e. The highest BCUT2D eigenvalue weighted by Crippen LogP contribution is 2.14. The highest BCUT2D eigenvalue weighted by atomic mass is 16.7. The van der Waals surface area contributed by atoms with Crippen LogP contribution in [0.3, 0.4) is 0 Å². The summed E-state index contributed by atoms with van der Waals surface area (Å²) in [7, 11) is 0. The lowest BCUT2D eigenvalue weighted by atomic mass is 10.2. The first-order chi connectivity index (χ1) is 11.2. The fourth-order valence-corrected chi connectivity index (χ4v) is 2.08. The van der Waals surface area contributed by atoms with E-state index < -0.39 is 6.29 Å². The Bertz CT molecular complexity index is 493. The maximum atomic E-state index is 11.7. The number of hydrogen-bond donors (Lipinski definition) is 0. The van der Waals surface area contributed by atoms with Gasteiger partial charge in [-0.1, -0.05) is 37.3 Å². The number of rotatable bonds is 7. The van der Waals surface area contributed by atoms with E-state index in [1.807, 2.05) is 30.3 Å². The summed E-state index contributed by atoms with van der Waals surface area (Å²) in [5, 5.41) is 0. The lowest BCUT2D eigenvalue weighted by Gasteiger charge is -2.28. The van der Waals surface area contributed by atoms with Crippen molar-refractivity contribution in [3.63, 3.8) is 0 Å². The third kappa shape index (κ3) is 6.38. The second kappa shape index (κ2) is 9.27. The van der Waals surface area contributed by atoms with Crippen LogP contribution in [0.1, 0.15) is 31.7 Å². The Hall–Kier alpha value is -1.92. The number of carbonyl (C=O) groups excluding carboxylic acids is 2. The van der Waals surface area contributed by atoms with Gasteiger partial charge in [-0.15, -0.1) is 0 Å². The van der Waals surface area contributed by atoms with Gasteiger partial charge in [0, 0.05) is 12.8 Å². The molecule has 0 atom stereocenters. The number of carbonyl (C=O) groups is 2. The van der Waals surface area contributed by atoms with Gasteiger partial charge in [-0.25, -0.2) is 0 Å². The average molecular weight is 322 g/mol. The van der Waals surface area contributed by atoms with Crippen LogP contribution in [0, 0.1) is 0 Å². The Balaban J connectivity index is 1.59. The van der Waals surface area contributed by atoms with E-state index in [9.17, 15) is 9.59 Å². The normalized spacial score (nSPS) is 20.7. The van der Waals surface area contributed by atoms with Gasteiger partial charge in [-0.3, -0.25) is 9.59 Å². The lowest BCUT2D eigenvalue weighted by molar-refractivity contribution is -0.228. The fraction of sp³-hybridized carbons (Fsp3) is 0.529. The smallest absolute Gasteiger partial charge is 0.306 e. The van der Waals surface area contributed by atoms with Crippen molar-refractivity contribution in [2.75, 3.05) is 13.2 Å². The minimum absolute atomic E-state index is 0.219. The molecule has 0 radical (unpaired) electrons. The van der Waals surface area contributed by atoms with Crippen LogP contribution in [0.2, 0.25) is 0 Å². The molecule has 0 aliphatic carbocycles. The minimum Gasteiger partial charge on any atom is -0.461 e. The molecule has 1 aromatic carbocycles. The largest absolute Gasteiger partial charge is 0.461 e. The van der Waals surface area contributed by atoms with Crippen LogP contribution in [-0.2, 0) is 35.1 Å². The molecule has 1 aliphatic heterocycles. The third-order valence-electron chi connectivity index (χ3n) is 3.35. The van der Waals surface area contributed by atoms with Crippen molar-refractivity contribution in [2.45, 2.75) is 45.2 Å².